The van der Waals surface area contributed by atoms with Gasteiger partial charge in [-0.1, -0.05) is 30.4 Å². The molecule has 0 aliphatic rings. The van der Waals surface area contributed by atoms with Crippen LogP contribution in [0, 0.1) is 0 Å². The number of benzene rings is 1. The molecule has 128 valence electrons. The molecule has 4 heteroatoms. The molecule has 23 heavy (non-hydrogen) atoms. The van der Waals surface area contributed by atoms with Crippen LogP contribution in [0.5, 0.6) is 0 Å². The Bertz CT molecular complexity index is 536. The lowest BCUT2D eigenvalue weighted by Crippen LogP contribution is -2.46. The molecule has 0 atom stereocenters. The molecule has 2 amide bonds. The van der Waals surface area contributed by atoms with Gasteiger partial charge < -0.3 is 15.4 Å². The highest BCUT2D eigenvalue weighted by Gasteiger charge is 2.22. The molecule has 1 aromatic carbocycles. The summed E-state index contributed by atoms with van der Waals surface area (Å²) in [6.07, 6.45) is 1.03. The zero-order valence-corrected chi connectivity index (χ0v) is 15.0. The minimum atomic E-state index is -0.454. The number of carbonyl (C=O) groups excluding carboxylic acids is 1. The Labute approximate surface area is 140 Å². The number of urea groups is 1. The van der Waals surface area contributed by atoms with Crippen molar-refractivity contribution in [3.05, 3.63) is 42.0 Å². The van der Waals surface area contributed by atoms with E-state index in [-0.39, 0.29) is 12.1 Å². The lowest BCUT2D eigenvalue weighted by molar-refractivity contribution is 0.0774. The van der Waals surface area contributed by atoms with E-state index in [1.807, 2.05) is 52.8 Å². The molecule has 0 bridgehead atoms. The van der Waals surface area contributed by atoms with E-state index in [0.717, 1.165) is 23.1 Å². The predicted octanol–water partition coefficient (Wildman–Crippen LogP) is 4.07. The van der Waals surface area contributed by atoms with Gasteiger partial charge in [0.05, 0.1) is 11.6 Å². The van der Waals surface area contributed by atoms with Crippen molar-refractivity contribution in [3.63, 3.8) is 0 Å². The smallest absolute Gasteiger partial charge is 0.315 e. The maximum absolute atomic E-state index is 12.1. The van der Waals surface area contributed by atoms with Crippen molar-refractivity contribution in [3.8, 4) is 0 Å². The van der Waals surface area contributed by atoms with Crippen molar-refractivity contribution in [1.82, 2.24) is 10.6 Å². The van der Waals surface area contributed by atoms with E-state index in [9.17, 15) is 4.79 Å². The fourth-order valence-electron chi connectivity index (χ4n) is 2.17. The summed E-state index contributed by atoms with van der Waals surface area (Å²) in [5.74, 6) is 0. The Kier molecular flexibility index (Phi) is 7.30. The number of amides is 2. The number of carbonyl (C=O) groups is 1. The maximum atomic E-state index is 12.1. The SMILES string of the molecule is C=C(C)c1cccc(C(C)(C)NC(=O)NCCCOC(C)C)c1. The number of hydrogen-bond acceptors (Lipinski definition) is 2. The third-order valence-electron chi connectivity index (χ3n) is 3.56. The van der Waals surface area contributed by atoms with Gasteiger partial charge in [0.25, 0.3) is 0 Å². The summed E-state index contributed by atoms with van der Waals surface area (Å²) in [6, 6.07) is 7.93. The molecular weight excluding hydrogens is 288 g/mol. The van der Waals surface area contributed by atoms with E-state index < -0.39 is 5.54 Å². The van der Waals surface area contributed by atoms with Gasteiger partial charge in [0.2, 0.25) is 0 Å². The first-order valence-electron chi connectivity index (χ1n) is 8.16. The van der Waals surface area contributed by atoms with Crippen LogP contribution in [0.1, 0.15) is 52.2 Å². The molecule has 1 aromatic rings. The average Bonchev–Trinajstić information content (AvgIpc) is 2.46. The van der Waals surface area contributed by atoms with Gasteiger partial charge >= 0.3 is 6.03 Å². The summed E-state index contributed by atoms with van der Waals surface area (Å²) < 4.78 is 5.45. The van der Waals surface area contributed by atoms with Crippen molar-refractivity contribution < 1.29 is 9.53 Å². The third kappa shape index (κ3) is 6.87. The van der Waals surface area contributed by atoms with Crippen molar-refractivity contribution in [2.24, 2.45) is 0 Å². The first-order valence-corrected chi connectivity index (χ1v) is 8.16. The minimum Gasteiger partial charge on any atom is -0.379 e. The minimum absolute atomic E-state index is 0.166. The molecular formula is C19H30N2O2. The molecule has 0 fully saturated rings. The fraction of sp³-hybridized carbons (Fsp3) is 0.526. The lowest BCUT2D eigenvalue weighted by atomic mass is 9.92. The van der Waals surface area contributed by atoms with E-state index in [1.165, 1.54) is 0 Å². The summed E-state index contributed by atoms with van der Waals surface area (Å²) >= 11 is 0. The standard InChI is InChI=1S/C19H30N2O2/c1-14(2)16-9-7-10-17(13-16)19(5,6)21-18(22)20-11-8-12-23-15(3)4/h7,9-10,13,15H,1,8,11-12H2,2-6H3,(H2,20,21,22). The average molecular weight is 318 g/mol. The lowest BCUT2D eigenvalue weighted by Gasteiger charge is -2.27. The summed E-state index contributed by atoms with van der Waals surface area (Å²) in [7, 11) is 0. The van der Waals surface area contributed by atoms with Crippen LogP contribution in [0.4, 0.5) is 4.79 Å². The molecule has 1 rings (SSSR count). The van der Waals surface area contributed by atoms with Gasteiger partial charge in [-0.25, -0.2) is 4.79 Å². The van der Waals surface area contributed by atoms with Crippen LogP contribution in [0.25, 0.3) is 5.57 Å². The summed E-state index contributed by atoms with van der Waals surface area (Å²) in [6.45, 7) is 15.2. The first-order chi connectivity index (χ1) is 10.7. The Balaban J connectivity index is 2.52. The molecule has 0 saturated heterocycles. The van der Waals surface area contributed by atoms with Crippen LogP contribution >= 0.6 is 0 Å². The Morgan fingerprint density at radius 3 is 2.65 bits per heavy atom. The normalized spacial score (nSPS) is 11.4. The van der Waals surface area contributed by atoms with Gasteiger partial charge in [-0.05, 0) is 58.2 Å². The molecule has 0 aliphatic carbocycles. The summed E-state index contributed by atoms with van der Waals surface area (Å²) in [4.78, 5) is 12.1. The van der Waals surface area contributed by atoms with Crippen LogP contribution in [0.3, 0.4) is 0 Å². The molecule has 0 aliphatic heterocycles. The monoisotopic (exact) mass is 318 g/mol. The Hall–Kier alpha value is -1.81. The van der Waals surface area contributed by atoms with Crippen LogP contribution < -0.4 is 10.6 Å². The van der Waals surface area contributed by atoms with Crippen LogP contribution in [-0.4, -0.2) is 25.3 Å². The quantitative estimate of drug-likeness (QED) is 0.710. The van der Waals surface area contributed by atoms with Crippen molar-refractivity contribution in [1.29, 1.82) is 0 Å². The fourth-order valence-corrected chi connectivity index (χ4v) is 2.17. The van der Waals surface area contributed by atoms with E-state index in [1.54, 1.807) is 0 Å². The van der Waals surface area contributed by atoms with E-state index in [2.05, 4.69) is 23.3 Å². The van der Waals surface area contributed by atoms with Gasteiger partial charge in [-0.15, -0.1) is 0 Å². The topological polar surface area (TPSA) is 50.4 Å². The maximum Gasteiger partial charge on any atom is 0.315 e. The van der Waals surface area contributed by atoms with Crippen molar-refractivity contribution in [2.45, 2.75) is 52.7 Å². The molecule has 4 nitrogen and oxygen atoms in total. The van der Waals surface area contributed by atoms with E-state index in [0.29, 0.717) is 13.2 Å². The third-order valence-corrected chi connectivity index (χ3v) is 3.56. The van der Waals surface area contributed by atoms with Crippen molar-refractivity contribution in [2.75, 3.05) is 13.2 Å². The second-order valence-corrected chi connectivity index (χ2v) is 6.64. The van der Waals surface area contributed by atoms with Gasteiger partial charge in [-0.3, -0.25) is 0 Å². The van der Waals surface area contributed by atoms with Crippen LogP contribution in [-0.2, 0) is 10.3 Å². The number of rotatable bonds is 8. The molecule has 0 spiro atoms. The molecule has 0 unspecified atom stereocenters. The van der Waals surface area contributed by atoms with Crippen molar-refractivity contribution >= 4 is 11.6 Å². The zero-order chi connectivity index (χ0) is 17.5. The summed E-state index contributed by atoms with van der Waals surface area (Å²) in [5.41, 5.74) is 2.70. The van der Waals surface area contributed by atoms with Gasteiger partial charge in [0.15, 0.2) is 0 Å². The molecule has 2 N–H and O–H groups in total. The van der Waals surface area contributed by atoms with Gasteiger partial charge in [0, 0.05) is 13.2 Å². The number of ether oxygens (including phenoxy) is 1. The van der Waals surface area contributed by atoms with Crippen LogP contribution in [0.15, 0.2) is 30.8 Å². The van der Waals surface area contributed by atoms with E-state index >= 15 is 0 Å². The largest absolute Gasteiger partial charge is 0.379 e. The zero-order valence-electron chi connectivity index (χ0n) is 15.0. The highest BCUT2D eigenvalue weighted by atomic mass is 16.5. The Morgan fingerprint density at radius 2 is 2.04 bits per heavy atom. The number of allylic oxidation sites excluding steroid dienone is 1. The number of hydrogen-bond donors (Lipinski definition) is 2. The van der Waals surface area contributed by atoms with Gasteiger partial charge in [-0.2, -0.15) is 0 Å². The van der Waals surface area contributed by atoms with Gasteiger partial charge in [0.1, 0.15) is 0 Å². The molecule has 0 aromatic heterocycles. The first kappa shape index (κ1) is 19.2. The Morgan fingerprint density at radius 1 is 1.35 bits per heavy atom. The predicted molar refractivity (Wildman–Crippen MR) is 96.4 cm³/mol. The van der Waals surface area contributed by atoms with Crippen LogP contribution in [0.2, 0.25) is 0 Å². The molecule has 0 saturated carbocycles. The molecule has 0 heterocycles. The highest BCUT2D eigenvalue weighted by molar-refractivity contribution is 5.75. The summed E-state index contributed by atoms with van der Waals surface area (Å²) in [5, 5.41) is 5.89. The number of nitrogens with one attached hydrogen (secondary N) is 2. The molecule has 0 radical (unpaired) electrons. The highest BCUT2D eigenvalue weighted by Crippen LogP contribution is 2.23. The second kappa shape index (κ2) is 8.73. The second-order valence-electron chi connectivity index (χ2n) is 6.64. The van der Waals surface area contributed by atoms with E-state index in [4.69, 9.17) is 4.74 Å².